The minimum atomic E-state index is -1.03. The Morgan fingerprint density at radius 2 is 2.11 bits per heavy atom. The summed E-state index contributed by atoms with van der Waals surface area (Å²) in [6.07, 6.45) is 2.21. The largest absolute Gasteiger partial charge is 0.477 e. The van der Waals surface area contributed by atoms with Crippen LogP contribution in [0.15, 0.2) is 47.5 Å². The van der Waals surface area contributed by atoms with Gasteiger partial charge in [-0.1, -0.05) is 0 Å². The Labute approximate surface area is 198 Å². The summed E-state index contributed by atoms with van der Waals surface area (Å²) < 4.78 is 21.3. The number of nitrogens with zero attached hydrogens (tertiary/aromatic N) is 6. The molecule has 35 heavy (non-hydrogen) atoms. The quantitative estimate of drug-likeness (QED) is 0.344. The number of alkyl halides is 1. The van der Waals surface area contributed by atoms with Crippen LogP contribution in [0.25, 0.3) is 11.5 Å². The van der Waals surface area contributed by atoms with Gasteiger partial charge in [0.25, 0.3) is 11.5 Å². The summed E-state index contributed by atoms with van der Waals surface area (Å²) in [5.74, 6) is 1.05. The van der Waals surface area contributed by atoms with Gasteiger partial charge in [0.1, 0.15) is 29.1 Å². The van der Waals surface area contributed by atoms with E-state index in [0.717, 1.165) is 0 Å². The van der Waals surface area contributed by atoms with Crippen LogP contribution in [0.1, 0.15) is 23.7 Å². The zero-order valence-corrected chi connectivity index (χ0v) is 18.9. The highest BCUT2D eigenvalue weighted by Crippen LogP contribution is 2.26. The van der Waals surface area contributed by atoms with Crippen molar-refractivity contribution in [1.29, 1.82) is 0 Å². The van der Waals surface area contributed by atoms with Gasteiger partial charge in [0.15, 0.2) is 11.5 Å². The van der Waals surface area contributed by atoms with E-state index in [1.165, 1.54) is 15.3 Å². The maximum Gasteiger partial charge on any atom is 0.280 e. The molecule has 2 atom stereocenters. The summed E-state index contributed by atoms with van der Waals surface area (Å²) in [4.78, 5) is 30.2. The molecule has 0 aromatic carbocycles. The minimum Gasteiger partial charge on any atom is -0.477 e. The molecule has 180 valence electrons. The third-order valence-electron chi connectivity index (χ3n) is 5.38. The molecule has 1 amide bonds. The Kier molecular flexibility index (Phi) is 5.73. The Hall–Kier alpha value is -4.55. The molecule has 0 saturated heterocycles. The van der Waals surface area contributed by atoms with Gasteiger partial charge in [-0.05, 0) is 25.1 Å². The van der Waals surface area contributed by atoms with Crippen LogP contribution >= 0.6 is 0 Å². The molecular weight excluding hydrogens is 457 g/mol. The SMILES string of the molecule is CCOc1ccc(-n2cccc(Nc3cc(NC)n4ncc(C(=O)N[C@@H]5C[C@@H]5F)c4n3)c2=O)nn1. The number of ether oxygens (including phenoxy) is 1. The molecular formula is C22H22FN9O3. The van der Waals surface area contributed by atoms with E-state index < -0.39 is 18.1 Å². The summed E-state index contributed by atoms with van der Waals surface area (Å²) in [5.41, 5.74) is 0.291. The lowest BCUT2D eigenvalue weighted by atomic mass is 10.3. The van der Waals surface area contributed by atoms with Crippen molar-refractivity contribution >= 4 is 28.9 Å². The maximum atomic E-state index is 13.2. The molecule has 0 spiro atoms. The van der Waals surface area contributed by atoms with Gasteiger partial charge >= 0.3 is 0 Å². The summed E-state index contributed by atoms with van der Waals surface area (Å²) in [6, 6.07) is 7.70. The Balaban J connectivity index is 1.47. The zero-order valence-electron chi connectivity index (χ0n) is 18.9. The normalized spacial score (nSPS) is 16.7. The monoisotopic (exact) mass is 479 g/mol. The lowest BCUT2D eigenvalue weighted by Gasteiger charge is -2.11. The fourth-order valence-electron chi connectivity index (χ4n) is 3.50. The minimum absolute atomic E-state index is 0.194. The van der Waals surface area contributed by atoms with Crippen molar-refractivity contribution < 1.29 is 13.9 Å². The van der Waals surface area contributed by atoms with Crippen molar-refractivity contribution in [3.05, 3.63) is 58.6 Å². The number of rotatable bonds is 8. The molecule has 1 aliphatic rings. The van der Waals surface area contributed by atoms with Crippen molar-refractivity contribution in [2.75, 3.05) is 24.3 Å². The molecule has 5 rings (SSSR count). The van der Waals surface area contributed by atoms with E-state index in [1.807, 2.05) is 6.92 Å². The van der Waals surface area contributed by atoms with Gasteiger partial charge in [0, 0.05) is 31.8 Å². The van der Waals surface area contributed by atoms with Crippen LogP contribution in [0.2, 0.25) is 0 Å². The zero-order chi connectivity index (χ0) is 24.5. The summed E-state index contributed by atoms with van der Waals surface area (Å²) >= 11 is 0. The number of hydrogen-bond acceptors (Lipinski definition) is 9. The Morgan fingerprint density at radius 3 is 2.80 bits per heavy atom. The number of pyridine rings is 1. The van der Waals surface area contributed by atoms with Crippen LogP contribution in [0.3, 0.4) is 0 Å². The van der Waals surface area contributed by atoms with Gasteiger partial charge in [-0.2, -0.15) is 9.61 Å². The van der Waals surface area contributed by atoms with Crippen molar-refractivity contribution in [3.8, 4) is 11.7 Å². The maximum absolute atomic E-state index is 13.2. The summed E-state index contributed by atoms with van der Waals surface area (Å²) in [7, 11) is 1.69. The van der Waals surface area contributed by atoms with Crippen LogP contribution in [-0.4, -0.2) is 61.1 Å². The molecule has 0 aliphatic heterocycles. The second-order valence-corrected chi connectivity index (χ2v) is 7.79. The van der Waals surface area contributed by atoms with E-state index in [1.54, 1.807) is 43.6 Å². The number of aromatic nitrogens is 6. The van der Waals surface area contributed by atoms with E-state index in [-0.39, 0.29) is 22.5 Å². The molecule has 4 aromatic heterocycles. The predicted molar refractivity (Wildman–Crippen MR) is 125 cm³/mol. The summed E-state index contributed by atoms with van der Waals surface area (Å²) in [6.45, 7) is 2.29. The van der Waals surface area contributed by atoms with Gasteiger partial charge in [0.05, 0.1) is 18.8 Å². The van der Waals surface area contributed by atoms with Gasteiger partial charge in [-0.3, -0.25) is 14.2 Å². The molecule has 4 heterocycles. The average Bonchev–Trinajstić information content (AvgIpc) is 3.37. The highest BCUT2D eigenvalue weighted by Gasteiger charge is 2.39. The third-order valence-corrected chi connectivity index (χ3v) is 5.38. The van der Waals surface area contributed by atoms with E-state index in [2.05, 4.69) is 36.2 Å². The molecule has 1 aliphatic carbocycles. The first-order chi connectivity index (χ1) is 17.0. The number of hydrogen-bond donors (Lipinski definition) is 3. The highest BCUT2D eigenvalue weighted by molar-refractivity contribution is 6.00. The fourth-order valence-corrected chi connectivity index (χ4v) is 3.50. The number of halogens is 1. The Bertz CT molecular complexity index is 1450. The average molecular weight is 479 g/mol. The van der Waals surface area contributed by atoms with Gasteiger partial charge in [-0.15, -0.1) is 10.2 Å². The lowest BCUT2D eigenvalue weighted by molar-refractivity contribution is 0.0949. The molecule has 0 unspecified atom stereocenters. The molecule has 12 nitrogen and oxygen atoms in total. The molecule has 1 saturated carbocycles. The van der Waals surface area contributed by atoms with Crippen LogP contribution in [0.5, 0.6) is 5.88 Å². The van der Waals surface area contributed by atoms with Crippen molar-refractivity contribution in [2.45, 2.75) is 25.6 Å². The first-order valence-electron chi connectivity index (χ1n) is 11.0. The van der Waals surface area contributed by atoms with Crippen molar-refractivity contribution in [1.82, 2.24) is 34.7 Å². The number of carbonyl (C=O) groups is 1. The first-order valence-corrected chi connectivity index (χ1v) is 11.0. The molecule has 0 radical (unpaired) electrons. The molecule has 0 bridgehead atoms. The third kappa shape index (κ3) is 4.35. The topological polar surface area (TPSA) is 140 Å². The number of amides is 1. The van der Waals surface area contributed by atoms with E-state index >= 15 is 0 Å². The van der Waals surface area contributed by atoms with E-state index in [4.69, 9.17) is 4.74 Å². The van der Waals surface area contributed by atoms with Crippen LogP contribution < -0.4 is 26.2 Å². The van der Waals surface area contributed by atoms with Gasteiger partial charge < -0.3 is 20.7 Å². The molecule has 13 heteroatoms. The lowest BCUT2D eigenvalue weighted by Crippen LogP contribution is -2.27. The predicted octanol–water partition coefficient (Wildman–Crippen LogP) is 1.69. The number of fused-ring (bicyclic) bond motifs is 1. The van der Waals surface area contributed by atoms with Crippen molar-refractivity contribution in [3.63, 3.8) is 0 Å². The van der Waals surface area contributed by atoms with Gasteiger partial charge in [-0.25, -0.2) is 9.37 Å². The standard InChI is InChI=1S/C22H22FN9O3/c1-3-35-19-7-6-17(29-30-19)31-8-4-5-14(22(31)34)26-16-10-18(24-2)32-20(28-16)12(11-25-32)21(33)27-15-9-13(15)23/h4-8,10-11,13,15,24H,3,9H2,1-2H3,(H,26,28)(H,27,33)/t13-,15+/m0/s1. The Morgan fingerprint density at radius 1 is 1.29 bits per heavy atom. The highest BCUT2D eigenvalue weighted by atomic mass is 19.1. The van der Waals surface area contributed by atoms with E-state index in [0.29, 0.717) is 36.4 Å². The number of anilines is 3. The smallest absolute Gasteiger partial charge is 0.280 e. The fraction of sp³-hybridized carbons (Fsp3) is 0.273. The van der Waals surface area contributed by atoms with Crippen LogP contribution in [0.4, 0.5) is 21.7 Å². The first kappa shape index (κ1) is 22.3. The molecule has 3 N–H and O–H groups in total. The molecule has 1 fully saturated rings. The second kappa shape index (κ2) is 9.00. The van der Waals surface area contributed by atoms with Crippen LogP contribution in [-0.2, 0) is 0 Å². The van der Waals surface area contributed by atoms with Crippen LogP contribution in [0, 0.1) is 0 Å². The summed E-state index contributed by atoms with van der Waals surface area (Å²) in [5, 5.41) is 20.9. The van der Waals surface area contributed by atoms with E-state index in [9.17, 15) is 14.0 Å². The van der Waals surface area contributed by atoms with Gasteiger partial charge in [0.2, 0.25) is 5.88 Å². The second-order valence-electron chi connectivity index (χ2n) is 7.79. The number of carbonyl (C=O) groups excluding carboxylic acids is 1. The number of nitrogens with one attached hydrogen (secondary N) is 3. The van der Waals surface area contributed by atoms with Crippen molar-refractivity contribution in [2.24, 2.45) is 0 Å². The molecule has 4 aromatic rings.